The maximum atomic E-state index is 12.3. The third-order valence-corrected chi connectivity index (χ3v) is 5.17. The van der Waals surface area contributed by atoms with Crippen LogP contribution in [0.4, 0.5) is 0 Å². The quantitative estimate of drug-likeness (QED) is 0.490. The summed E-state index contributed by atoms with van der Waals surface area (Å²) in [6.45, 7) is 1.23. The van der Waals surface area contributed by atoms with Gasteiger partial charge in [-0.25, -0.2) is 0 Å². The lowest BCUT2D eigenvalue weighted by molar-refractivity contribution is -0.145. The van der Waals surface area contributed by atoms with Crippen LogP contribution in [-0.4, -0.2) is 35.5 Å². The van der Waals surface area contributed by atoms with Crippen LogP contribution in [0.2, 0.25) is 0 Å². The molecule has 0 bridgehead atoms. The van der Waals surface area contributed by atoms with Crippen LogP contribution in [0.15, 0.2) is 23.3 Å². The molecule has 1 fully saturated rings. The second kappa shape index (κ2) is 3.71. The van der Waals surface area contributed by atoms with Gasteiger partial charge in [-0.2, -0.15) is 0 Å². The van der Waals surface area contributed by atoms with Crippen LogP contribution in [-0.2, 0) is 14.3 Å². The summed E-state index contributed by atoms with van der Waals surface area (Å²) in [5, 5.41) is 0. The molecule has 0 aromatic heterocycles. The number of allylic oxidation sites excluding steroid dienone is 1. The molecule has 2 atom stereocenters. The molecule has 1 amide bonds. The maximum Gasteiger partial charge on any atom is 0.310 e. The number of carbonyl (C=O) groups excluding carboxylic acids is 2. The van der Waals surface area contributed by atoms with E-state index in [0.717, 1.165) is 25.8 Å². The lowest BCUT2D eigenvalue weighted by atomic mass is 9.67. The maximum absolute atomic E-state index is 12.3. The van der Waals surface area contributed by atoms with Crippen LogP contribution in [0.25, 0.3) is 0 Å². The minimum atomic E-state index is -0.196. The molecule has 3 aliphatic heterocycles. The van der Waals surface area contributed by atoms with Crippen molar-refractivity contribution in [1.29, 1.82) is 0 Å². The van der Waals surface area contributed by atoms with E-state index in [4.69, 9.17) is 4.74 Å². The molecule has 0 aromatic carbocycles. The lowest BCUT2D eigenvalue weighted by Gasteiger charge is -2.50. The summed E-state index contributed by atoms with van der Waals surface area (Å²) in [7, 11) is 0. The van der Waals surface area contributed by atoms with Gasteiger partial charge in [-0.1, -0.05) is 12.2 Å². The number of amides is 1. The smallest absolute Gasteiger partial charge is 0.310 e. The first-order valence-electron chi connectivity index (χ1n) is 7.06. The zero-order valence-corrected chi connectivity index (χ0v) is 10.9. The Balaban J connectivity index is 1.88. The molecule has 4 heteroatoms. The molecular formula is C15H17NO3. The molecule has 1 saturated heterocycles. The molecule has 1 aliphatic carbocycles. The fourth-order valence-corrected chi connectivity index (χ4v) is 4.37. The van der Waals surface area contributed by atoms with Gasteiger partial charge in [-0.15, -0.1) is 0 Å². The number of carbonyl (C=O) groups is 2. The van der Waals surface area contributed by atoms with E-state index in [1.807, 2.05) is 0 Å². The number of cyclic esters (lactones) is 1. The largest absolute Gasteiger partial charge is 0.461 e. The van der Waals surface area contributed by atoms with Crippen molar-refractivity contribution in [1.82, 2.24) is 4.90 Å². The normalized spacial score (nSPS) is 36.8. The summed E-state index contributed by atoms with van der Waals surface area (Å²) in [5.41, 5.74) is 2.28. The monoisotopic (exact) mass is 259 g/mol. The Kier molecular flexibility index (Phi) is 2.20. The Labute approximate surface area is 112 Å². The van der Waals surface area contributed by atoms with Crippen LogP contribution in [0.3, 0.4) is 0 Å². The van der Waals surface area contributed by atoms with Crippen molar-refractivity contribution in [2.24, 2.45) is 5.92 Å². The third kappa shape index (κ3) is 1.34. The van der Waals surface area contributed by atoms with Gasteiger partial charge in [0.15, 0.2) is 0 Å². The zero-order chi connectivity index (χ0) is 13.0. The van der Waals surface area contributed by atoms with Gasteiger partial charge in [0, 0.05) is 18.9 Å². The first kappa shape index (κ1) is 11.3. The SMILES string of the molecule is O=C1CC2=C(CCN3C(=O)C[C@@H]4C=CCC[C@@]243)CO1. The molecule has 4 rings (SSSR count). The molecule has 4 aliphatic rings. The molecule has 0 aromatic rings. The number of hydrogen-bond acceptors (Lipinski definition) is 3. The van der Waals surface area contributed by atoms with E-state index < -0.39 is 0 Å². The average molecular weight is 259 g/mol. The van der Waals surface area contributed by atoms with Crippen molar-refractivity contribution < 1.29 is 14.3 Å². The molecule has 0 radical (unpaired) electrons. The zero-order valence-electron chi connectivity index (χ0n) is 10.9. The number of esters is 1. The Morgan fingerprint density at radius 3 is 3.16 bits per heavy atom. The molecule has 0 saturated carbocycles. The van der Waals surface area contributed by atoms with Gasteiger partial charge in [0.25, 0.3) is 0 Å². The van der Waals surface area contributed by atoms with Gasteiger partial charge >= 0.3 is 5.97 Å². The second-order valence-corrected chi connectivity index (χ2v) is 5.92. The van der Waals surface area contributed by atoms with Gasteiger partial charge in [0.1, 0.15) is 6.61 Å². The average Bonchev–Trinajstić information content (AvgIpc) is 2.72. The summed E-state index contributed by atoms with van der Waals surface area (Å²) in [6.07, 6.45) is 8.18. The summed E-state index contributed by atoms with van der Waals surface area (Å²) < 4.78 is 5.18. The predicted octanol–water partition coefficient (Wildman–Crippen LogP) is 1.57. The van der Waals surface area contributed by atoms with Crippen molar-refractivity contribution >= 4 is 11.9 Å². The fourth-order valence-electron chi connectivity index (χ4n) is 4.37. The van der Waals surface area contributed by atoms with E-state index in [1.54, 1.807) is 0 Å². The number of rotatable bonds is 0. The minimum absolute atomic E-state index is 0.136. The fraction of sp³-hybridized carbons (Fsp3) is 0.600. The van der Waals surface area contributed by atoms with E-state index >= 15 is 0 Å². The Morgan fingerprint density at radius 1 is 1.37 bits per heavy atom. The van der Waals surface area contributed by atoms with Gasteiger partial charge in [-0.05, 0) is 30.4 Å². The Hall–Kier alpha value is -1.58. The van der Waals surface area contributed by atoms with Crippen LogP contribution >= 0.6 is 0 Å². The summed E-state index contributed by atoms with van der Waals surface area (Å²) >= 11 is 0. The van der Waals surface area contributed by atoms with Crippen molar-refractivity contribution in [3.63, 3.8) is 0 Å². The lowest BCUT2D eigenvalue weighted by Crippen LogP contribution is -2.55. The van der Waals surface area contributed by atoms with Crippen LogP contribution in [0.1, 0.15) is 32.1 Å². The second-order valence-electron chi connectivity index (χ2n) is 5.92. The first-order chi connectivity index (χ1) is 9.22. The summed E-state index contributed by atoms with van der Waals surface area (Å²) in [5.74, 6) is 0.370. The van der Waals surface area contributed by atoms with Crippen LogP contribution in [0.5, 0.6) is 0 Å². The van der Waals surface area contributed by atoms with Gasteiger partial charge < -0.3 is 9.64 Å². The highest BCUT2D eigenvalue weighted by Crippen LogP contribution is 2.52. The predicted molar refractivity (Wildman–Crippen MR) is 68.1 cm³/mol. The van der Waals surface area contributed by atoms with E-state index in [2.05, 4.69) is 17.1 Å². The molecule has 1 spiro atoms. The Morgan fingerprint density at radius 2 is 2.26 bits per heavy atom. The van der Waals surface area contributed by atoms with Gasteiger partial charge in [0.2, 0.25) is 5.91 Å². The van der Waals surface area contributed by atoms with Crippen molar-refractivity contribution in [2.75, 3.05) is 13.2 Å². The molecule has 3 heterocycles. The first-order valence-corrected chi connectivity index (χ1v) is 7.06. The number of hydrogen-bond donors (Lipinski definition) is 0. The minimum Gasteiger partial charge on any atom is -0.461 e. The molecule has 0 N–H and O–H groups in total. The van der Waals surface area contributed by atoms with Crippen molar-refractivity contribution in [3.8, 4) is 0 Å². The third-order valence-electron chi connectivity index (χ3n) is 5.17. The highest BCUT2D eigenvalue weighted by atomic mass is 16.5. The van der Waals surface area contributed by atoms with E-state index in [-0.39, 0.29) is 23.3 Å². The standard InChI is InChI=1S/C15H17NO3/c17-13-7-11-3-1-2-5-15(11)12-8-14(18)19-9-10(12)4-6-16(13)15/h1,3,11H,2,4-9H2/t11-,15-/m0/s1. The summed E-state index contributed by atoms with van der Waals surface area (Å²) in [4.78, 5) is 26.0. The summed E-state index contributed by atoms with van der Waals surface area (Å²) in [6, 6.07) is 0. The topological polar surface area (TPSA) is 46.6 Å². The molecule has 19 heavy (non-hydrogen) atoms. The number of nitrogens with zero attached hydrogens (tertiary/aromatic N) is 1. The highest BCUT2D eigenvalue weighted by molar-refractivity contribution is 5.84. The van der Waals surface area contributed by atoms with E-state index in [9.17, 15) is 9.59 Å². The highest BCUT2D eigenvalue weighted by Gasteiger charge is 2.57. The molecule has 100 valence electrons. The number of ether oxygens (including phenoxy) is 1. The van der Waals surface area contributed by atoms with Crippen molar-refractivity contribution in [2.45, 2.75) is 37.6 Å². The van der Waals surface area contributed by atoms with E-state index in [0.29, 0.717) is 19.4 Å². The van der Waals surface area contributed by atoms with Crippen molar-refractivity contribution in [3.05, 3.63) is 23.3 Å². The molecule has 0 unspecified atom stereocenters. The van der Waals surface area contributed by atoms with Gasteiger partial charge in [-0.3, -0.25) is 9.59 Å². The molecule has 4 nitrogen and oxygen atoms in total. The molecular weight excluding hydrogens is 242 g/mol. The Bertz CT molecular complexity index is 534. The van der Waals surface area contributed by atoms with Crippen LogP contribution < -0.4 is 0 Å². The van der Waals surface area contributed by atoms with Gasteiger partial charge in [0.05, 0.1) is 12.0 Å². The van der Waals surface area contributed by atoms with Crippen LogP contribution in [0, 0.1) is 5.92 Å². The van der Waals surface area contributed by atoms with E-state index in [1.165, 1.54) is 11.1 Å².